The van der Waals surface area contributed by atoms with Gasteiger partial charge in [0.25, 0.3) is 0 Å². The number of benzene rings is 6. The highest BCUT2D eigenvalue weighted by atomic mass is 32.2. The first-order valence-electron chi connectivity index (χ1n) is 16.9. The Kier molecular flexibility index (Phi) is 6.53. The van der Waals surface area contributed by atoms with Gasteiger partial charge >= 0.3 is 0 Å². The molecule has 0 radical (unpaired) electrons. The molecule has 6 aromatic carbocycles. The Bertz CT molecular complexity index is 2810. The Hall–Kier alpha value is -6.57. The standard InChI is InChI=1S/C45H26N2O4S/c1-46-24-29(22-37-44(50)35-20-27-10-4-5-11-28(27)21-36(35)45(37)51)32-23-30(14-16-38(32)46)47-39-12-6-7-13-40(39)52-41(47)17-15-31-42(48)33-18-25-8-2-3-9-26(25)19-34(33)43(31)49/h2-24H,1H3/b41-17-. The number of aromatic nitrogens is 1. The van der Waals surface area contributed by atoms with E-state index in [1.807, 2.05) is 121 Å². The van der Waals surface area contributed by atoms with E-state index in [-0.39, 0.29) is 34.3 Å². The maximum atomic E-state index is 13.6. The van der Waals surface area contributed by atoms with E-state index in [1.54, 1.807) is 36.0 Å². The van der Waals surface area contributed by atoms with Crippen LogP contribution in [0.3, 0.4) is 0 Å². The number of thioether (sulfide) groups is 1. The number of hydrogen-bond donors (Lipinski definition) is 0. The molecule has 1 aromatic heterocycles. The molecule has 7 heteroatoms. The fourth-order valence-corrected chi connectivity index (χ4v) is 8.72. The van der Waals surface area contributed by atoms with Gasteiger partial charge in [-0.3, -0.25) is 19.2 Å². The van der Waals surface area contributed by atoms with Gasteiger partial charge in [0.05, 0.1) is 21.9 Å². The summed E-state index contributed by atoms with van der Waals surface area (Å²) in [4.78, 5) is 57.5. The molecule has 0 N–H and O–H groups in total. The number of ketones is 4. The summed E-state index contributed by atoms with van der Waals surface area (Å²) in [5, 5.41) is 5.38. The first-order valence-corrected chi connectivity index (χ1v) is 17.7. The number of rotatable bonds is 3. The molecule has 52 heavy (non-hydrogen) atoms. The van der Waals surface area contributed by atoms with Gasteiger partial charge in [-0.2, -0.15) is 0 Å². The maximum Gasteiger partial charge on any atom is 0.197 e. The molecule has 0 bridgehead atoms. The fraction of sp³-hybridized carbons (Fsp3) is 0.0222. The van der Waals surface area contributed by atoms with Gasteiger partial charge in [-0.1, -0.05) is 72.4 Å². The van der Waals surface area contributed by atoms with Gasteiger partial charge in [0.15, 0.2) is 23.1 Å². The van der Waals surface area contributed by atoms with Gasteiger partial charge in [0, 0.05) is 62.5 Å². The van der Waals surface area contributed by atoms with Crippen LogP contribution >= 0.6 is 11.8 Å². The number of fused-ring (bicyclic) bond motifs is 6. The molecule has 246 valence electrons. The monoisotopic (exact) mass is 690 g/mol. The first-order chi connectivity index (χ1) is 25.3. The van der Waals surface area contributed by atoms with E-state index in [4.69, 9.17) is 0 Å². The lowest BCUT2D eigenvalue weighted by Crippen LogP contribution is -2.10. The highest BCUT2D eigenvalue weighted by Gasteiger charge is 2.35. The molecular formula is C45H26N2O4S. The van der Waals surface area contributed by atoms with E-state index >= 15 is 0 Å². The minimum Gasteiger partial charge on any atom is -0.350 e. The number of carbonyl (C=O) groups excluding carboxylic acids is 4. The van der Waals surface area contributed by atoms with E-state index in [2.05, 4.69) is 11.0 Å². The van der Waals surface area contributed by atoms with Crippen LogP contribution in [0.25, 0.3) is 38.5 Å². The van der Waals surface area contributed by atoms with Crippen LogP contribution in [0.1, 0.15) is 47.0 Å². The predicted octanol–water partition coefficient (Wildman–Crippen LogP) is 10.0. The normalized spacial score (nSPS) is 15.8. The Morgan fingerprint density at radius 1 is 0.558 bits per heavy atom. The molecular weight excluding hydrogens is 665 g/mol. The van der Waals surface area contributed by atoms with Crippen molar-refractivity contribution in [3.8, 4) is 0 Å². The summed E-state index contributed by atoms with van der Waals surface area (Å²) < 4.78 is 1.99. The molecule has 0 fully saturated rings. The summed E-state index contributed by atoms with van der Waals surface area (Å²) in [7, 11) is 1.94. The van der Waals surface area contributed by atoms with Gasteiger partial charge in [0.1, 0.15) is 0 Å². The smallest absolute Gasteiger partial charge is 0.197 e. The van der Waals surface area contributed by atoms with Crippen molar-refractivity contribution in [2.24, 2.45) is 7.05 Å². The van der Waals surface area contributed by atoms with E-state index in [9.17, 15) is 19.2 Å². The summed E-state index contributed by atoms with van der Waals surface area (Å²) >= 11 is 1.56. The van der Waals surface area contributed by atoms with Crippen LogP contribution in [0.2, 0.25) is 0 Å². The molecule has 0 spiro atoms. The van der Waals surface area contributed by atoms with Crippen molar-refractivity contribution < 1.29 is 19.2 Å². The zero-order valence-electron chi connectivity index (χ0n) is 27.7. The van der Waals surface area contributed by atoms with Crippen molar-refractivity contribution in [1.82, 2.24) is 4.57 Å². The highest BCUT2D eigenvalue weighted by Crippen LogP contribution is 2.50. The van der Waals surface area contributed by atoms with Crippen LogP contribution in [0.15, 0.2) is 155 Å². The summed E-state index contributed by atoms with van der Waals surface area (Å²) in [5.74, 6) is -1.09. The molecule has 0 saturated heterocycles. The van der Waals surface area contributed by atoms with E-state index in [0.717, 1.165) is 59.3 Å². The third kappa shape index (κ3) is 4.46. The Morgan fingerprint density at radius 3 is 1.65 bits per heavy atom. The Labute approximate surface area is 302 Å². The molecule has 2 heterocycles. The zero-order valence-corrected chi connectivity index (χ0v) is 28.5. The predicted molar refractivity (Wildman–Crippen MR) is 207 cm³/mol. The van der Waals surface area contributed by atoms with Gasteiger partial charge < -0.3 is 9.47 Å². The molecule has 2 aliphatic carbocycles. The van der Waals surface area contributed by atoms with Crippen LogP contribution in [-0.4, -0.2) is 27.7 Å². The second-order valence-corrected chi connectivity index (χ2v) is 14.3. The molecule has 10 rings (SSSR count). The van der Waals surface area contributed by atoms with Gasteiger partial charge in [-0.25, -0.2) is 0 Å². The second kappa shape index (κ2) is 11.2. The molecule has 0 saturated carbocycles. The van der Waals surface area contributed by atoms with E-state index in [1.165, 1.54) is 0 Å². The lowest BCUT2D eigenvalue weighted by atomic mass is 10.0. The number of nitrogens with zero attached hydrogens (tertiary/aromatic N) is 2. The van der Waals surface area contributed by atoms with Crippen LogP contribution in [0, 0.1) is 0 Å². The molecule has 0 unspecified atom stereocenters. The first kappa shape index (κ1) is 30.3. The second-order valence-electron chi connectivity index (χ2n) is 13.3. The molecule has 0 atom stereocenters. The average molecular weight is 691 g/mol. The number of anilines is 2. The topological polar surface area (TPSA) is 76.5 Å². The molecule has 1 aliphatic heterocycles. The Balaban J connectivity index is 1.05. The van der Waals surface area contributed by atoms with Crippen LogP contribution in [0.4, 0.5) is 11.4 Å². The SMILES string of the molecule is Cn1cc(C=C2C(=O)c3cc4ccccc4cc3C2=O)c2cc(N3/C(=C/C=C4C(=O)c5cc6ccccc6cc5C4=O)Sc4ccccc43)ccc21. The van der Waals surface area contributed by atoms with Crippen LogP contribution < -0.4 is 4.90 Å². The van der Waals surface area contributed by atoms with Gasteiger partial charge in [-0.15, -0.1) is 0 Å². The fourth-order valence-electron chi connectivity index (χ4n) is 7.66. The molecule has 3 aliphatic rings. The van der Waals surface area contributed by atoms with Crippen LogP contribution in [-0.2, 0) is 7.05 Å². The minimum absolute atomic E-state index is 0.140. The number of hydrogen-bond acceptors (Lipinski definition) is 6. The number of allylic oxidation sites excluding steroid dienone is 4. The zero-order chi connectivity index (χ0) is 35.2. The van der Waals surface area contributed by atoms with Crippen molar-refractivity contribution >= 4 is 84.8 Å². The van der Waals surface area contributed by atoms with Gasteiger partial charge in [-0.05, 0) is 94.4 Å². The lowest BCUT2D eigenvalue weighted by Gasteiger charge is -2.21. The summed E-state index contributed by atoms with van der Waals surface area (Å²) in [6.07, 6.45) is 7.14. The van der Waals surface area contributed by atoms with Crippen molar-refractivity contribution in [2.75, 3.05) is 4.90 Å². The summed E-state index contributed by atoms with van der Waals surface area (Å²) in [5.41, 5.74) is 5.54. The quantitative estimate of drug-likeness (QED) is 0.136. The van der Waals surface area contributed by atoms with E-state index in [0.29, 0.717) is 22.3 Å². The highest BCUT2D eigenvalue weighted by molar-refractivity contribution is 8.03. The average Bonchev–Trinajstić information content (AvgIpc) is 3.84. The minimum atomic E-state index is -0.274. The third-order valence-corrected chi connectivity index (χ3v) is 11.3. The lowest BCUT2D eigenvalue weighted by molar-refractivity contribution is 0.0974. The maximum absolute atomic E-state index is 13.6. The van der Waals surface area contributed by atoms with Crippen LogP contribution in [0.5, 0.6) is 0 Å². The van der Waals surface area contributed by atoms with Crippen molar-refractivity contribution in [3.63, 3.8) is 0 Å². The van der Waals surface area contributed by atoms with Crippen molar-refractivity contribution in [1.29, 1.82) is 0 Å². The van der Waals surface area contributed by atoms with Gasteiger partial charge in [0.2, 0.25) is 0 Å². The Morgan fingerprint density at radius 2 is 1.08 bits per heavy atom. The van der Waals surface area contributed by atoms with E-state index < -0.39 is 0 Å². The molecule has 6 nitrogen and oxygen atoms in total. The molecule has 0 amide bonds. The number of para-hydroxylation sites is 1. The number of aryl methyl sites for hydroxylation is 1. The number of Topliss-reactive ketones (excluding diaryl/α,β-unsaturated/α-hetero) is 4. The van der Waals surface area contributed by atoms with Crippen molar-refractivity contribution in [3.05, 3.63) is 178 Å². The molecule has 7 aromatic rings. The largest absolute Gasteiger partial charge is 0.350 e. The van der Waals surface area contributed by atoms with Crippen molar-refractivity contribution in [2.45, 2.75) is 4.90 Å². The summed E-state index contributed by atoms with van der Waals surface area (Å²) in [6, 6.07) is 36.9. The third-order valence-electron chi connectivity index (χ3n) is 10.2. The summed E-state index contributed by atoms with van der Waals surface area (Å²) in [6.45, 7) is 0. The number of carbonyl (C=O) groups is 4.